The highest BCUT2D eigenvalue weighted by Crippen LogP contribution is 2.27. The first-order valence-electron chi connectivity index (χ1n) is 10.6. The van der Waals surface area contributed by atoms with Crippen LogP contribution in [0.5, 0.6) is 0 Å². The molecule has 0 unspecified atom stereocenters. The van der Waals surface area contributed by atoms with Crippen molar-refractivity contribution in [3.8, 4) is 0 Å². The summed E-state index contributed by atoms with van der Waals surface area (Å²) < 4.78 is 4.18. The summed E-state index contributed by atoms with van der Waals surface area (Å²) >= 11 is 0. The second kappa shape index (κ2) is 6.57. The Morgan fingerprint density at radius 2 is 1.26 bits per heavy atom. The van der Waals surface area contributed by atoms with Crippen molar-refractivity contribution in [3.05, 3.63) is 89.2 Å². The second-order valence-corrected chi connectivity index (χ2v) is 8.54. The molecule has 1 aliphatic heterocycles. The zero-order valence-electron chi connectivity index (χ0n) is 17.8. The summed E-state index contributed by atoms with van der Waals surface area (Å²) in [5.41, 5.74) is 8.03. The summed E-state index contributed by atoms with van der Waals surface area (Å²) in [7, 11) is -1.50. The van der Waals surface area contributed by atoms with Gasteiger partial charge in [0.05, 0.1) is 23.6 Å². The van der Waals surface area contributed by atoms with Gasteiger partial charge in [0, 0.05) is 21.8 Å². The van der Waals surface area contributed by atoms with Crippen LogP contribution in [-0.4, -0.2) is 32.7 Å². The van der Waals surface area contributed by atoms with Gasteiger partial charge in [-0.05, 0) is 57.2 Å². The molecule has 0 aliphatic carbocycles. The van der Waals surface area contributed by atoms with E-state index in [1.54, 1.807) is 0 Å². The lowest BCUT2D eigenvalue weighted by atomic mass is 9.90. The Kier molecular flexibility index (Phi) is 3.80. The molecule has 0 amide bonds. The SMILES string of the molecule is Cc1ccc2c(c1)C=[N+]N2[BH-](n1ncc2cc(C)ccc21)n1ncc2cc(C)ccc21. The van der Waals surface area contributed by atoms with Crippen molar-refractivity contribution in [2.24, 2.45) is 0 Å². The molecule has 3 heterocycles. The van der Waals surface area contributed by atoms with Crippen LogP contribution in [0, 0.1) is 20.8 Å². The number of anilines is 1. The molecule has 5 aromatic rings. The normalized spacial score (nSPS) is 13.1. The van der Waals surface area contributed by atoms with Crippen LogP contribution in [0.4, 0.5) is 5.69 Å². The number of fused-ring (bicyclic) bond motifs is 3. The maximum absolute atomic E-state index is 4.83. The van der Waals surface area contributed by atoms with E-state index in [-0.39, 0.29) is 0 Å². The van der Waals surface area contributed by atoms with Crippen molar-refractivity contribution in [2.75, 3.05) is 4.92 Å². The van der Waals surface area contributed by atoms with Crippen LogP contribution in [0.1, 0.15) is 22.3 Å². The highest BCUT2D eigenvalue weighted by atomic mass is 15.5. The molecule has 1 aliphatic rings. The third kappa shape index (κ3) is 2.77. The average molecular weight is 405 g/mol. The molecule has 7 heteroatoms. The van der Waals surface area contributed by atoms with E-state index in [1.165, 1.54) is 16.7 Å². The highest BCUT2D eigenvalue weighted by Gasteiger charge is 2.33. The minimum absolute atomic E-state index is 1.08. The maximum Gasteiger partial charge on any atom is 0.376 e. The van der Waals surface area contributed by atoms with Crippen molar-refractivity contribution < 1.29 is 0 Å². The van der Waals surface area contributed by atoms with Gasteiger partial charge in [-0.2, -0.15) is 0 Å². The molecule has 3 aromatic carbocycles. The second-order valence-electron chi connectivity index (χ2n) is 8.54. The monoisotopic (exact) mass is 405 g/mol. The van der Waals surface area contributed by atoms with Gasteiger partial charge in [-0.3, -0.25) is 0 Å². The van der Waals surface area contributed by atoms with Gasteiger partial charge in [-0.25, -0.2) is 15.1 Å². The summed E-state index contributed by atoms with van der Waals surface area (Å²) in [6.45, 7) is 6.31. The largest absolute Gasteiger partial charge is 0.394 e. The first-order chi connectivity index (χ1) is 15.1. The van der Waals surface area contributed by atoms with Gasteiger partial charge >= 0.3 is 7.12 Å². The summed E-state index contributed by atoms with van der Waals surface area (Å²) in [5, 5.41) is 16.7. The molecule has 31 heavy (non-hydrogen) atoms. The van der Waals surface area contributed by atoms with E-state index in [4.69, 9.17) is 15.3 Å². The fourth-order valence-corrected chi connectivity index (χ4v) is 4.68. The minimum atomic E-state index is -1.50. The van der Waals surface area contributed by atoms with Crippen LogP contribution in [-0.2, 0) is 0 Å². The smallest absolute Gasteiger partial charge is 0.376 e. The lowest BCUT2D eigenvalue weighted by Crippen LogP contribution is -2.52. The molecule has 1 radical (unpaired) electrons. The zero-order chi connectivity index (χ0) is 21.1. The van der Waals surface area contributed by atoms with Crippen molar-refractivity contribution in [1.29, 1.82) is 0 Å². The van der Waals surface area contributed by atoms with E-state index in [1.807, 2.05) is 18.6 Å². The summed E-state index contributed by atoms with van der Waals surface area (Å²) in [6.07, 6.45) is 5.82. The van der Waals surface area contributed by atoms with Crippen LogP contribution in [0.2, 0.25) is 0 Å². The quantitative estimate of drug-likeness (QED) is 0.431. The topological polar surface area (TPSA) is 53.0 Å². The van der Waals surface area contributed by atoms with Crippen LogP contribution in [0.25, 0.3) is 21.8 Å². The van der Waals surface area contributed by atoms with Gasteiger partial charge in [-0.1, -0.05) is 34.9 Å². The Balaban J connectivity index is 1.61. The van der Waals surface area contributed by atoms with Gasteiger partial charge in [-0.15, -0.1) is 0 Å². The fourth-order valence-electron chi connectivity index (χ4n) is 4.68. The summed E-state index contributed by atoms with van der Waals surface area (Å²) in [4.78, 5) is 2.09. The zero-order valence-corrected chi connectivity index (χ0v) is 17.8. The molecule has 0 N–H and O–H groups in total. The van der Waals surface area contributed by atoms with Crippen molar-refractivity contribution >= 4 is 40.8 Å². The van der Waals surface area contributed by atoms with Crippen LogP contribution < -0.4 is 10.0 Å². The number of hydrazone groups is 1. The number of benzene rings is 3. The molecule has 2 aromatic heterocycles. The Bertz CT molecular complexity index is 1420. The molecular weight excluding hydrogens is 383 g/mol. The molecule has 0 bridgehead atoms. The van der Waals surface area contributed by atoms with E-state index < -0.39 is 7.12 Å². The van der Waals surface area contributed by atoms with E-state index in [0.717, 1.165) is 33.1 Å². The van der Waals surface area contributed by atoms with E-state index in [0.29, 0.717) is 0 Å². The molecule has 0 fully saturated rings. The lowest BCUT2D eigenvalue weighted by Gasteiger charge is -2.29. The van der Waals surface area contributed by atoms with Crippen molar-refractivity contribution in [2.45, 2.75) is 20.8 Å². The van der Waals surface area contributed by atoms with Crippen molar-refractivity contribution in [3.63, 3.8) is 0 Å². The number of aromatic nitrogens is 4. The van der Waals surface area contributed by atoms with E-state index in [2.05, 4.69) is 89.5 Å². The predicted octanol–water partition coefficient (Wildman–Crippen LogP) is 3.61. The lowest BCUT2D eigenvalue weighted by molar-refractivity contribution is 0.838. The van der Waals surface area contributed by atoms with Gasteiger partial charge in [0.1, 0.15) is 5.10 Å². The van der Waals surface area contributed by atoms with Crippen molar-refractivity contribution in [1.82, 2.24) is 24.5 Å². The van der Waals surface area contributed by atoms with Gasteiger partial charge in [0.25, 0.3) is 6.21 Å². The third-order valence-corrected chi connectivity index (χ3v) is 6.20. The molecular formula is C24H22BN6. The highest BCUT2D eigenvalue weighted by molar-refractivity contribution is 6.61. The number of nitrogens with zero attached hydrogens (tertiary/aromatic N) is 6. The molecule has 0 spiro atoms. The predicted molar refractivity (Wildman–Crippen MR) is 128 cm³/mol. The Hall–Kier alpha value is -3.87. The van der Waals surface area contributed by atoms with Gasteiger partial charge < -0.3 is 9.19 Å². The maximum atomic E-state index is 4.83. The first kappa shape index (κ1) is 17.9. The molecule has 6 rings (SSSR count). The van der Waals surface area contributed by atoms with Gasteiger partial charge in [0.15, 0.2) is 0 Å². The number of hydrogen-bond acceptors (Lipinski definition) is 4. The molecule has 6 nitrogen and oxygen atoms in total. The summed E-state index contributed by atoms with van der Waals surface area (Å²) in [6, 6.07) is 19.3. The third-order valence-electron chi connectivity index (χ3n) is 6.20. The fraction of sp³-hybridized carbons (Fsp3) is 0.125. The Morgan fingerprint density at radius 1 is 0.710 bits per heavy atom. The van der Waals surface area contributed by atoms with Gasteiger partial charge in [0.2, 0.25) is 0 Å². The van der Waals surface area contributed by atoms with Crippen LogP contribution >= 0.6 is 0 Å². The molecule has 151 valence electrons. The minimum Gasteiger partial charge on any atom is -0.394 e. The first-order valence-corrected chi connectivity index (χ1v) is 10.6. The number of hydrogen-bond donors (Lipinski definition) is 0. The standard InChI is InChI=1S/C24H22BN6/c1-16-4-7-22-19(10-16)13-26-29(22)25(30-23-8-5-17(2)11-20(23)14-27-30)31-24-9-6-18(3)12-21(24)15-28-31/h4-15,25H,1-3H3. The number of aryl methyl sites for hydroxylation is 3. The van der Waals surface area contributed by atoms with E-state index >= 15 is 0 Å². The van der Waals surface area contributed by atoms with Crippen LogP contribution in [0.3, 0.4) is 0 Å². The summed E-state index contributed by atoms with van der Waals surface area (Å²) in [5.74, 6) is 0. The molecule has 0 saturated heterocycles. The van der Waals surface area contributed by atoms with Crippen LogP contribution in [0.15, 0.2) is 67.0 Å². The van der Waals surface area contributed by atoms with E-state index in [9.17, 15) is 0 Å². The molecule has 0 saturated carbocycles. The Labute approximate surface area is 180 Å². The molecule has 0 atom stereocenters. The number of rotatable bonds is 3. The average Bonchev–Trinajstić information content (AvgIpc) is 3.46. The Morgan fingerprint density at radius 3 is 1.87 bits per heavy atom.